The number of nitrogens with zero attached hydrogens (tertiary/aromatic N) is 3. The molecule has 0 aliphatic carbocycles. The maximum atomic E-state index is 4.39. The Morgan fingerprint density at radius 2 is 2.12 bits per heavy atom. The van der Waals surface area contributed by atoms with Crippen LogP contribution < -0.4 is 5.32 Å². The third-order valence-electron chi connectivity index (χ3n) is 2.83. The van der Waals surface area contributed by atoms with Crippen LogP contribution in [-0.2, 0) is 13.6 Å². The number of aromatic nitrogens is 3. The van der Waals surface area contributed by atoms with Gasteiger partial charge in [-0.15, -0.1) is 0 Å². The minimum absolute atomic E-state index is 0.768. The fraction of sp³-hybridized carbons (Fsp3) is 0.333. The van der Waals surface area contributed by atoms with E-state index in [0.717, 1.165) is 22.4 Å². The van der Waals surface area contributed by atoms with E-state index >= 15 is 0 Å². The maximum absolute atomic E-state index is 4.39. The van der Waals surface area contributed by atoms with Crippen LogP contribution in [0.2, 0.25) is 0 Å². The first-order valence-corrected chi connectivity index (χ1v) is 6.20. The molecular formula is C12H15BrN4. The van der Waals surface area contributed by atoms with Gasteiger partial charge in [-0.3, -0.25) is 9.67 Å². The van der Waals surface area contributed by atoms with Crippen molar-refractivity contribution < 1.29 is 0 Å². The third kappa shape index (κ3) is 2.66. The van der Waals surface area contributed by atoms with Gasteiger partial charge in [-0.2, -0.15) is 5.10 Å². The molecular weight excluding hydrogens is 280 g/mol. The van der Waals surface area contributed by atoms with E-state index in [2.05, 4.69) is 38.3 Å². The van der Waals surface area contributed by atoms with Crippen molar-refractivity contribution in [2.24, 2.45) is 7.05 Å². The van der Waals surface area contributed by atoms with E-state index < -0.39 is 0 Å². The van der Waals surface area contributed by atoms with Crippen LogP contribution in [0.25, 0.3) is 0 Å². The van der Waals surface area contributed by atoms with Crippen molar-refractivity contribution in [3.8, 4) is 0 Å². The fourth-order valence-corrected chi connectivity index (χ4v) is 2.14. The highest BCUT2D eigenvalue weighted by molar-refractivity contribution is 9.10. The number of nitrogens with one attached hydrogen (secondary N) is 1. The van der Waals surface area contributed by atoms with Gasteiger partial charge in [-0.1, -0.05) is 0 Å². The molecule has 0 saturated carbocycles. The first-order chi connectivity index (χ1) is 8.08. The highest BCUT2D eigenvalue weighted by atomic mass is 79.9. The van der Waals surface area contributed by atoms with Crippen molar-refractivity contribution >= 4 is 21.6 Å². The van der Waals surface area contributed by atoms with Crippen LogP contribution in [0.1, 0.15) is 17.0 Å². The van der Waals surface area contributed by atoms with Crippen LogP contribution in [0.15, 0.2) is 22.9 Å². The molecule has 17 heavy (non-hydrogen) atoms. The quantitative estimate of drug-likeness (QED) is 0.947. The van der Waals surface area contributed by atoms with Gasteiger partial charge in [0.15, 0.2) is 0 Å². The summed E-state index contributed by atoms with van der Waals surface area (Å²) in [5.74, 6) is 0. The number of hydrogen-bond acceptors (Lipinski definition) is 3. The van der Waals surface area contributed by atoms with Gasteiger partial charge < -0.3 is 5.32 Å². The summed E-state index contributed by atoms with van der Waals surface area (Å²) in [5, 5.41) is 7.74. The molecule has 0 aromatic carbocycles. The average molecular weight is 295 g/mol. The minimum atomic E-state index is 0.768. The predicted octanol–water partition coefficient (Wildman–Crippen LogP) is 2.81. The number of halogens is 1. The number of pyridine rings is 1. The van der Waals surface area contributed by atoms with Crippen molar-refractivity contribution in [3.63, 3.8) is 0 Å². The molecule has 0 bridgehead atoms. The number of aryl methyl sites for hydroxylation is 2. The molecule has 1 N–H and O–H groups in total. The molecule has 0 aliphatic rings. The normalized spacial score (nSPS) is 10.6. The lowest BCUT2D eigenvalue weighted by atomic mass is 10.2. The Labute approximate surface area is 109 Å². The molecule has 90 valence electrons. The largest absolute Gasteiger partial charge is 0.380 e. The number of rotatable bonds is 3. The lowest BCUT2D eigenvalue weighted by molar-refractivity contribution is 0.730. The second-order valence-electron chi connectivity index (χ2n) is 4.02. The van der Waals surface area contributed by atoms with Crippen LogP contribution >= 0.6 is 15.9 Å². The van der Waals surface area contributed by atoms with Gasteiger partial charge in [0.25, 0.3) is 0 Å². The van der Waals surface area contributed by atoms with Gasteiger partial charge in [0.1, 0.15) is 0 Å². The molecule has 0 unspecified atom stereocenters. The van der Waals surface area contributed by atoms with Gasteiger partial charge in [-0.05, 0) is 35.8 Å². The molecule has 0 radical (unpaired) electrons. The molecule has 2 aromatic rings. The van der Waals surface area contributed by atoms with Gasteiger partial charge in [0.2, 0.25) is 0 Å². The summed E-state index contributed by atoms with van der Waals surface area (Å²) >= 11 is 3.40. The zero-order valence-corrected chi connectivity index (χ0v) is 11.7. The summed E-state index contributed by atoms with van der Waals surface area (Å²) in [6, 6.07) is 2.01. The lowest BCUT2D eigenvalue weighted by Gasteiger charge is -2.06. The topological polar surface area (TPSA) is 42.7 Å². The van der Waals surface area contributed by atoms with Gasteiger partial charge >= 0.3 is 0 Å². The molecule has 2 heterocycles. The SMILES string of the molecule is Cc1nn(C)c(C)c1CNc1cncc(Br)c1. The molecule has 0 spiro atoms. The Hall–Kier alpha value is -1.36. The predicted molar refractivity (Wildman–Crippen MR) is 71.9 cm³/mol. The van der Waals surface area contributed by atoms with E-state index in [-0.39, 0.29) is 0 Å². The third-order valence-corrected chi connectivity index (χ3v) is 3.27. The van der Waals surface area contributed by atoms with Crippen molar-refractivity contribution in [2.75, 3.05) is 5.32 Å². The Morgan fingerprint density at radius 1 is 1.35 bits per heavy atom. The smallest absolute Gasteiger partial charge is 0.0646 e. The molecule has 4 nitrogen and oxygen atoms in total. The molecule has 0 amide bonds. The van der Waals surface area contributed by atoms with E-state index in [9.17, 15) is 0 Å². The first kappa shape index (κ1) is 12.1. The first-order valence-electron chi connectivity index (χ1n) is 5.41. The van der Waals surface area contributed by atoms with Crippen molar-refractivity contribution in [1.82, 2.24) is 14.8 Å². The zero-order chi connectivity index (χ0) is 12.4. The van der Waals surface area contributed by atoms with E-state index in [1.54, 1.807) is 6.20 Å². The molecule has 0 saturated heterocycles. The molecule has 2 rings (SSSR count). The van der Waals surface area contributed by atoms with Crippen LogP contribution in [0.3, 0.4) is 0 Å². The molecule has 2 aromatic heterocycles. The van der Waals surface area contributed by atoms with E-state index in [4.69, 9.17) is 0 Å². The Kier molecular flexibility index (Phi) is 3.47. The molecule has 0 atom stereocenters. The molecule has 5 heteroatoms. The number of anilines is 1. The monoisotopic (exact) mass is 294 g/mol. The van der Waals surface area contributed by atoms with Crippen LogP contribution in [-0.4, -0.2) is 14.8 Å². The van der Waals surface area contributed by atoms with Crippen molar-refractivity contribution in [2.45, 2.75) is 20.4 Å². The van der Waals surface area contributed by atoms with Gasteiger partial charge in [0, 0.05) is 35.5 Å². The van der Waals surface area contributed by atoms with Crippen molar-refractivity contribution in [1.29, 1.82) is 0 Å². The number of hydrogen-bond donors (Lipinski definition) is 1. The maximum Gasteiger partial charge on any atom is 0.0646 e. The van der Waals surface area contributed by atoms with Crippen molar-refractivity contribution in [3.05, 3.63) is 39.9 Å². The second kappa shape index (κ2) is 4.87. The van der Waals surface area contributed by atoms with Crippen LogP contribution in [0.5, 0.6) is 0 Å². The zero-order valence-electron chi connectivity index (χ0n) is 10.2. The Morgan fingerprint density at radius 3 is 2.71 bits per heavy atom. The van der Waals surface area contributed by atoms with Gasteiger partial charge in [-0.25, -0.2) is 0 Å². The van der Waals surface area contributed by atoms with Crippen LogP contribution in [0, 0.1) is 13.8 Å². The summed E-state index contributed by atoms with van der Waals surface area (Å²) in [6.07, 6.45) is 3.58. The molecule has 0 aliphatic heterocycles. The average Bonchev–Trinajstić information content (AvgIpc) is 2.51. The fourth-order valence-electron chi connectivity index (χ4n) is 1.77. The summed E-state index contributed by atoms with van der Waals surface area (Å²) in [4.78, 5) is 4.12. The van der Waals surface area contributed by atoms with E-state index in [1.165, 1.54) is 11.3 Å². The van der Waals surface area contributed by atoms with E-state index in [1.807, 2.05) is 30.9 Å². The standard InChI is InChI=1S/C12H15BrN4/c1-8-12(9(2)17(3)16-8)7-15-11-4-10(13)5-14-6-11/h4-6,15H,7H2,1-3H3. The summed E-state index contributed by atoms with van der Waals surface area (Å²) in [7, 11) is 1.96. The summed E-state index contributed by atoms with van der Waals surface area (Å²) < 4.78 is 2.88. The molecule has 0 fully saturated rings. The Bertz CT molecular complexity index is 533. The highest BCUT2D eigenvalue weighted by Gasteiger charge is 2.08. The van der Waals surface area contributed by atoms with E-state index in [0.29, 0.717) is 0 Å². The highest BCUT2D eigenvalue weighted by Crippen LogP contribution is 2.17. The second-order valence-corrected chi connectivity index (χ2v) is 4.93. The summed E-state index contributed by atoms with van der Waals surface area (Å²) in [6.45, 7) is 4.88. The van der Waals surface area contributed by atoms with Crippen LogP contribution in [0.4, 0.5) is 5.69 Å². The Balaban J connectivity index is 2.12. The van der Waals surface area contributed by atoms with Gasteiger partial charge in [0.05, 0.1) is 17.6 Å². The minimum Gasteiger partial charge on any atom is -0.380 e. The lowest BCUT2D eigenvalue weighted by Crippen LogP contribution is -2.02. The summed E-state index contributed by atoms with van der Waals surface area (Å²) in [5.41, 5.74) is 4.51.